The van der Waals surface area contributed by atoms with Crippen molar-refractivity contribution in [3.05, 3.63) is 40.5 Å². The van der Waals surface area contributed by atoms with Crippen LogP contribution in [0.1, 0.15) is 36.5 Å². The number of nitro benzene ring substituents is 1. The van der Waals surface area contributed by atoms with E-state index in [4.69, 9.17) is 4.74 Å². The van der Waals surface area contributed by atoms with Crippen LogP contribution in [0.25, 0.3) is 0 Å². The molecule has 0 fully saturated rings. The molecule has 6 nitrogen and oxygen atoms in total. The number of hydrogen-bond acceptors (Lipinski definition) is 5. The number of anilines is 1. The molecule has 1 unspecified atom stereocenters. The fourth-order valence-corrected chi connectivity index (χ4v) is 2.37. The summed E-state index contributed by atoms with van der Waals surface area (Å²) in [7, 11) is 0. The lowest BCUT2D eigenvalue weighted by Crippen LogP contribution is -2.23. The van der Waals surface area contributed by atoms with Gasteiger partial charge in [0.2, 0.25) is 0 Å². The van der Waals surface area contributed by atoms with Crippen LogP contribution in [0.15, 0.2) is 24.8 Å². The summed E-state index contributed by atoms with van der Waals surface area (Å²) in [5, 5.41) is 14.5. The molecule has 1 heterocycles. The zero-order chi connectivity index (χ0) is 15.4. The number of nitrogens with zero attached hydrogens (tertiary/aromatic N) is 1. The van der Waals surface area contributed by atoms with Gasteiger partial charge in [-0.15, -0.1) is 6.58 Å². The third-order valence-corrected chi connectivity index (χ3v) is 3.44. The van der Waals surface area contributed by atoms with Crippen LogP contribution in [0.4, 0.5) is 11.4 Å². The first-order valence-corrected chi connectivity index (χ1v) is 6.86. The SMILES string of the molecule is C=CCC1CCCOc2cc(C(C)=O)cc([N+](=O)[O-])c2N1. The zero-order valence-corrected chi connectivity index (χ0v) is 11.9. The summed E-state index contributed by atoms with van der Waals surface area (Å²) in [5.74, 6) is 0.136. The van der Waals surface area contributed by atoms with E-state index in [1.165, 1.54) is 13.0 Å². The van der Waals surface area contributed by atoms with Crippen molar-refractivity contribution in [2.24, 2.45) is 0 Å². The molecule has 1 aliphatic rings. The smallest absolute Gasteiger partial charge is 0.296 e. The average Bonchev–Trinajstić information content (AvgIpc) is 2.41. The van der Waals surface area contributed by atoms with Crippen molar-refractivity contribution >= 4 is 17.2 Å². The van der Waals surface area contributed by atoms with Crippen LogP contribution in [0.5, 0.6) is 5.75 Å². The Bertz CT molecular complexity index is 583. The van der Waals surface area contributed by atoms with E-state index in [0.29, 0.717) is 24.5 Å². The molecular weight excluding hydrogens is 272 g/mol. The highest BCUT2D eigenvalue weighted by Gasteiger charge is 2.25. The van der Waals surface area contributed by atoms with Gasteiger partial charge in [-0.25, -0.2) is 0 Å². The van der Waals surface area contributed by atoms with Crippen molar-refractivity contribution < 1.29 is 14.5 Å². The van der Waals surface area contributed by atoms with Gasteiger partial charge in [0.1, 0.15) is 5.75 Å². The summed E-state index contributed by atoms with van der Waals surface area (Å²) in [4.78, 5) is 22.3. The molecule has 0 aromatic heterocycles. The molecule has 2 rings (SSSR count). The maximum Gasteiger partial charge on any atom is 0.296 e. The quantitative estimate of drug-likeness (QED) is 0.398. The Labute approximate surface area is 122 Å². The van der Waals surface area contributed by atoms with Crippen LogP contribution in [0, 0.1) is 10.1 Å². The number of benzene rings is 1. The third kappa shape index (κ3) is 3.39. The van der Waals surface area contributed by atoms with Crippen LogP contribution in [0.2, 0.25) is 0 Å². The van der Waals surface area contributed by atoms with Crippen molar-refractivity contribution in [3.63, 3.8) is 0 Å². The summed E-state index contributed by atoms with van der Waals surface area (Å²) < 4.78 is 5.59. The molecule has 0 amide bonds. The van der Waals surface area contributed by atoms with Crippen molar-refractivity contribution in [2.75, 3.05) is 11.9 Å². The summed E-state index contributed by atoms with van der Waals surface area (Å²) in [6, 6.07) is 2.94. The Kier molecular flexibility index (Phi) is 4.57. The number of ketones is 1. The number of ether oxygens (including phenoxy) is 1. The van der Waals surface area contributed by atoms with Gasteiger partial charge in [0, 0.05) is 17.7 Å². The summed E-state index contributed by atoms with van der Waals surface area (Å²) >= 11 is 0. The molecule has 0 radical (unpaired) electrons. The first-order valence-electron chi connectivity index (χ1n) is 6.86. The predicted octanol–water partition coefficient (Wildman–Crippen LogP) is 3.33. The zero-order valence-electron chi connectivity index (χ0n) is 11.9. The molecule has 21 heavy (non-hydrogen) atoms. The number of nitrogens with one attached hydrogen (secondary N) is 1. The van der Waals surface area contributed by atoms with Crippen LogP contribution < -0.4 is 10.1 Å². The molecule has 6 heteroatoms. The Morgan fingerprint density at radius 2 is 2.38 bits per heavy atom. The van der Waals surface area contributed by atoms with E-state index in [0.717, 1.165) is 12.8 Å². The lowest BCUT2D eigenvalue weighted by Gasteiger charge is -2.24. The van der Waals surface area contributed by atoms with Gasteiger partial charge >= 0.3 is 0 Å². The highest BCUT2D eigenvalue weighted by Crippen LogP contribution is 2.38. The molecule has 1 atom stereocenters. The molecule has 0 saturated carbocycles. The number of carbonyl (C=O) groups excluding carboxylic acids is 1. The Balaban J connectivity index is 2.51. The fraction of sp³-hybridized carbons (Fsp3) is 0.400. The lowest BCUT2D eigenvalue weighted by atomic mass is 10.0. The topological polar surface area (TPSA) is 81.5 Å². The van der Waals surface area contributed by atoms with Gasteiger partial charge in [-0.3, -0.25) is 14.9 Å². The minimum atomic E-state index is -0.492. The minimum absolute atomic E-state index is 0.0760. The molecule has 1 aromatic carbocycles. The number of hydrogen-bond donors (Lipinski definition) is 1. The van der Waals surface area contributed by atoms with E-state index in [-0.39, 0.29) is 23.1 Å². The Morgan fingerprint density at radius 3 is 3.00 bits per heavy atom. The minimum Gasteiger partial charge on any atom is -0.491 e. The predicted molar refractivity (Wildman–Crippen MR) is 80.1 cm³/mol. The summed E-state index contributed by atoms with van der Waals surface area (Å²) in [6.07, 6.45) is 4.18. The number of Topliss-reactive ketones (excluding diaryl/α,β-unsaturated/α-hetero) is 1. The normalized spacial score (nSPS) is 17.5. The van der Waals surface area contributed by atoms with E-state index in [9.17, 15) is 14.9 Å². The number of nitro groups is 1. The number of carbonyl (C=O) groups is 1. The van der Waals surface area contributed by atoms with E-state index in [1.807, 2.05) is 0 Å². The largest absolute Gasteiger partial charge is 0.491 e. The van der Waals surface area contributed by atoms with Gasteiger partial charge in [-0.2, -0.15) is 0 Å². The second-order valence-corrected chi connectivity index (χ2v) is 5.04. The lowest BCUT2D eigenvalue weighted by molar-refractivity contribution is -0.384. The Hall–Kier alpha value is -2.37. The van der Waals surface area contributed by atoms with E-state index in [1.54, 1.807) is 12.1 Å². The van der Waals surface area contributed by atoms with Crippen LogP contribution in [-0.2, 0) is 0 Å². The fourth-order valence-electron chi connectivity index (χ4n) is 2.37. The summed E-state index contributed by atoms with van der Waals surface area (Å²) in [6.45, 7) is 5.56. The van der Waals surface area contributed by atoms with Crippen LogP contribution in [-0.4, -0.2) is 23.4 Å². The average molecular weight is 290 g/mol. The molecule has 0 aliphatic carbocycles. The molecule has 0 spiro atoms. The summed E-state index contributed by atoms with van der Waals surface area (Å²) in [5.41, 5.74) is 0.494. The third-order valence-electron chi connectivity index (χ3n) is 3.44. The monoisotopic (exact) mass is 290 g/mol. The van der Waals surface area contributed by atoms with E-state index < -0.39 is 4.92 Å². The molecular formula is C15H18N2O4. The van der Waals surface area contributed by atoms with Crippen molar-refractivity contribution in [2.45, 2.75) is 32.2 Å². The van der Waals surface area contributed by atoms with E-state index >= 15 is 0 Å². The second kappa shape index (κ2) is 6.39. The van der Waals surface area contributed by atoms with Crippen LogP contribution >= 0.6 is 0 Å². The van der Waals surface area contributed by atoms with Gasteiger partial charge in [0.05, 0.1) is 11.5 Å². The molecule has 1 N–H and O–H groups in total. The van der Waals surface area contributed by atoms with Crippen molar-refractivity contribution in [1.82, 2.24) is 0 Å². The highest BCUT2D eigenvalue weighted by atomic mass is 16.6. The second-order valence-electron chi connectivity index (χ2n) is 5.04. The van der Waals surface area contributed by atoms with Crippen LogP contribution in [0.3, 0.4) is 0 Å². The van der Waals surface area contributed by atoms with Crippen molar-refractivity contribution in [1.29, 1.82) is 0 Å². The van der Waals surface area contributed by atoms with Gasteiger partial charge in [0.15, 0.2) is 11.5 Å². The maximum atomic E-state index is 11.5. The molecule has 1 aliphatic heterocycles. The first-order chi connectivity index (χ1) is 10.0. The molecule has 0 bridgehead atoms. The van der Waals surface area contributed by atoms with Gasteiger partial charge in [0.25, 0.3) is 5.69 Å². The molecule has 112 valence electrons. The van der Waals surface area contributed by atoms with Gasteiger partial charge in [-0.1, -0.05) is 6.08 Å². The first kappa shape index (κ1) is 15.0. The molecule has 0 saturated heterocycles. The Morgan fingerprint density at radius 1 is 1.62 bits per heavy atom. The highest BCUT2D eigenvalue weighted by molar-refractivity contribution is 5.96. The number of rotatable bonds is 4. The molecule has 1 aromatic rings. The van der Waals surface area contributed by atoms with Gasteiger partial charge < -0.3 is 10.1 Å². The van der Waals surface area contributed by atoms with E-state index in [2.05, 4.69) is 11.9 Å². The van der Waals surface area contributed by atoms with Gasteiger partial charge in [-0.05, 0) is 32.3 Å². The van der Waals surface area contributed by atoms with Crippen molar-refractivity contribution in [3.8, 4) is 5.75 Å². The number of fused-ring (bicyclic) bond motifs is 1. The maximum absolute atomic E-state index is 11.5. The standard InChI is InChI=1S/C15H18N2O4/c1-3-5-12-6-4-7-21-14-9-11(10(2)18)8-13(17(19)20)15(14)16-12/h3,8-9,12,16H,1,4-7H2,2H3.